The molecule has 106 valence electrons. The molecule has 0 saturated heterocycles. The molecule has 4 nitrogen and oxygen atoms in total. The quantitative estimate of drug-likeness (QED) is 0.819. The van der Waals surface area contributed by atoms with Crippen LogP contribution in [0.2, 0.25) is 0 Å². The van der Waals surface area contributed by atoms with Crippen molar-refractivity contribution in [3.8, 4) is 5.75 Å². The SMILES string of the molecule is COc1ccc(C)cc1CCNC1=NCCN1C.I. The fourth-order valence-electron chi connectivity index (χ4n) is 2.14. The van der Waals surface area contributed by atoms with E-state index in [-0.39, 0.29) is 24.0 Å². The van der Waals surface area contributed by atoms with Crippen molar-refractivity contribution in [1.82, 2.24) is 10.2 Å². The Morgan fingerprint density at radius 1 is 1.42 bits per heavy atom. The molecule has 0 bridgehead atoms. The topological polar surface area (TPSA) is 36.9 Å². The Morgan fingerprint density at radius 2 is 2.21 bits per heavy atom. The molecular weight excluding hydrogens is 353 g/mol. The predicted molar refractivity (Wildman–Crippen MR) is 89.8 cm³/mol. The van der Waals surface area contributed by atoms with Gasteiger partial charge in [-0.3, -0.25) is 4.99 Å². The van der Waals surface area contributed by atoms with Crippen molar-refractivity contribution in [1.29, 1.82) is 0 Å². The van der Waals surface area contributed by atoms with Crippen LogP contribution in [0.25, 0.3) is 0 Å². The lowest BCUT2D eigenvalue weighted by Gasteiger charge is -2.16. The molecule has 1 aliphatic rings. The van der Waals surface area contributed by atoms with Crippen LogP contribution in [0.3, 0.4) is 0 Å². The summed E-state index contributed by atoms with van der Waals surface area (Å²) in [4.78, 5) is 6.55. The molecule has 0 fully saturated rings. The van der Waals surface area contributed by atoms with Crippen LogP contribution >= 0.6 is 24.0 Å². The van der Waals surface area contributed by atoms with Crippen LogP contribution in [-0.4, -0.2) is 44.7 Å². The highest BCUT2D eigenvalue weighted by Crippen LogP contribution is 2.19. The predicted octanol–water partition coefficient (Wildman–Crippen LogP) is 2.06. The van der Waals surface area contributed by atoms with Crippen molar-refractivity contribution in [2.24, 2.45) is 4.99 Å². The second-order valence-corrected chi connectivity index (χ2v) is 4.62. The number of hydrogen-bond donors (Lipinski definition) is 1. The van der Waals surface area contributed by atoms with Crippen molar-refractivity contribution in [3.05, 3.63) is 29.3 Å². The van der Waals surface area contributed by atoms with Gasteiger partial charge in [0.25, 0.3) is 0 Å². The summed E-state index contributed by atoms with van der Waals surface area (Å²) in [5.41, 5.74) is 2.51. The van der Waals surface area contributed by atoms with Crippen LogP contribution in [0.1, 0.15) is 11.1 Å². The van der Waals surface area contributed by atoms with Gasteiger partial charge in [-0.1, -0.05) is 17.7 Å². The van der Waals surface area contributed by atoms with Crippen LogP contribution in [0.15, 0.2) is 23.2 Å². The van der Waals surface area contributed by atoms with Crippen molar-refractivity contribution >= 4 is 29.9 Å². The summed E-state index contributed by atoms with van der Waals surface area (Å²) < 4.78 is 5.38. The number of aliphatic imine (C=N–C) groups is 1. The van der Waals surface area contributed by atoms with Gasteiger partial charge in [-0.05, 0) is 25.0 Å². The van der Waals surface area contributed by atoms with E-state index in [0.29, 0.717) is 0 Å². The summed E-state index contributed by atoms with van der Waals surface area (Å²) in [5.74, 6) is 1.96. The Bertz CT molecular complexity index is 448. The van der Waals surface area contributed by atoms with Crippen LogP contribution < -0.4 is 10.1 Å². The Kier molecular flexibility index (Phi) is 6.41. The Morgan fingerprint density at radius 3 is 2.84 bits per heavy atom. The minimum Gasteiger partial charge on any atom is -0.496 e. The number of nitrogens with zero attached hydrogens (tertiary/aromatic N) is 2. The standard InChI is InChI=1S/C14H21N3O.HI/c1-11-4-5-13(18-3)12(10-11)6-7-15-14-16-8-9-17(14)2;/h4-5,10H,6-9H2,1-3H3,(H,15,16);1H. The molecular formula is C14H22IN3O. The molecule has 0 amide bonds. The lowest BCUT2D eigenvalue weighted by atomic mass is 10.1. The number of aryl methyl sites for hydroxylation is 1. The van der Waals surface area contributed by atoms with Crippen LogP contribution in [-0.2, 0) is 6.42 Å². The first kappa shape index (κ1) is 16.1. The smallest absolute Gasteiger partial charge is 0.193 e. The summed E-state index contributed by atoms with van der Waals surface area (Å²) in [6.45, 7) is 4.89. The van der Waals surface area contributed by atoms with Crippen LogP contribution in [0, 0.1) is 6.92 Å². The van der Waals surface area contributed by atoms with Gasteiger partial charge in [0, 0.05) is 20.1 Å². The first-order chi connectivity index (χ1) is 8.70. The maximum absolute atomic E-state index is 5.38. The minimum atomic E-state index is 0. The molecule has 0 aliphatic carbocycles. The van der Waals surface area contributed by atoms with Crippen molar-refractivity contribution < 1.29 is 4.74 Å². The number of guanidine groups is 1. The van der Waals surface area contributed by atoms with Crippen molar-refractivity contribution in [2.75, 3.05) is 33.8 Å². The van der Waals surface area contributed by atoms with E-state index < -0.39 is 0 Å². The zero-order valence-corrected chi connectivity index (χ0v) is 14.1. The highest BCUT2D eigenvalue weighted by Gasteiger charge is 2.11. The zero-order valence-electron chi connectivity index (χ0n) is 11.8. The molecule has 0 aromatic heterocycles. The number of halogens is 1. The molecule has 5 heteroatoms. The number of benzene rings is 1. The number of ether oxygens (including phenoxy) is 1. The average molecular weight is 375 g/mol. The summed E-state index contributed by atoms with van der Waals surface area (Å²) >= 11 is 0. The molecule has 1 aliphatic heterocycles. The Hall–Kier alpha value is -0.980. The fraction of sp³-hybridized carbons (Fsp3) is 0.500. The molecule has 0 saturated carbocycles. The number of methoxy groups -OCH3 is 1. The maximum atomic E-state index is 5.38. The van der Waals surface area contributed by atoms with E-state index in [4.69, 9.17) is 4.74 Å². The maximum Gasteiger partial charge on any atom is 0.193 e. The highest BCUT2D eigenvalue weighted by atomic mass is 127. The monoisotopic (exact) mass is 375 g/mol. The van der Waals surface area contributed by atoms with Crippen molar-refractivity contribution in [3.63, 3.8) is 0 Å². The molecule has 19 heavy (non-hydrogen) atoms. The number of rotatable bonds is 4. The van der Waals surface area contributed by atoms with Gasteiger partial charge in [0.15, 0.2) is 5.96 Å². The lowest BCUT2D eigenvalue weighted by molar-refractivity contribution is 0.409. The van der Waals surface area contributed by atoms with Gasteiger partial charge in [0.2, 0.25) is 0 Å². The zero-order chi connectivity index (χ0) is 13.0. The number of nitrogens with one attached hydrogen (secondary N) is 1. The van der Waals surface area contributed by atoms with E-state index in [1.54, 1.807) is 7.11 Å². The molecule has 1 N–H and O–H groups in total. The van der Waals surface area contributed by atoms with E-state index in [9.17, 15) is 0 Å². The second kappa shape index (κ2) is 7.57. The third-order valence-corrected chi connectivity index (χ3v) is 3.17. The van der Waals surface area contributed by atoms with E-state index in [1.807, 2.05) is 6.07 Å². The van der Waals surface area contributed by atoms with E-state index in [1.165, 1.54) is 11.1 Å². The molecule has 1 aromatic carbocycles. The average Bonchev–Trinajstić information content (AvgIpc) is 2.76. The Labute approximate surface area is 132 Å². The fourth-order valence-corrected chi connectivity index (χ4v) is 2.14. The van der Waals surface area contributed by atoms with Crippen LogP contribution in [0.5, 0.6) is 5.75 Å². The first-order valence-electron chi connectivity index (χ1n) is 6.33. The van der Waals surface area contributed by atoms with Gasteiger partial charge < -0.3 is 15.0 Å². The third kappa shape index (κ3) is 4.26. The molecule has 0 spiro atoms. The molecule has 1 aromatic rings. The number of hydrogen-bond acceptors (Lipinski definition) is 4. The third-order valence-electron chi connectivity index (χ3n) is 3.17. The van der Waals surface area contributed by atoms with E-state index >= 15 is 0 Å². The normalized spacial score (nSPS) is 13.8. The molecule has 0 unspecified atom stereocenters. The van der Waals surface area contributed by atoms with Crippen LogP contribution in [0.4, 0.5) is 0 Å². The van der Waals surface area contributed by atoms with Gasteiger partial charge in [0.05, 0.1) is 13.7 Å². The van der Waals surface area contributed by atoms with E-state index in [2.05, 4.69) is 41.3 Å². The minimum absolute atomic E-state index is 0. The van der Waals surface area contributed by atoms with Gasteiger partial charge in [-0.25, -0.2) is 0 Å². The molecule has 0 radical (unpaired) electrons. The summed E-state index contributed by atoms with van der Waals surface area (Å²) in [6.07, 6.45) is 0.942. The van der Waals surface area contributed by atoms with Crippen molar-refractivity contribution in [2.45, 2.75) is 13.3 Å². The summed E-state index contributed by atoms with van der Waals surface area (Å²) in [6, 6.07) is 6.29. The number of likely N-dealkylation sites (N-methyl/N-ethyl adjacent to an activating group) is 1. The second-order valence-electron chi connectivity index (χ2n) is 4.62. The largest absolute Gasteiger partial charge is 0.496 e. The van der Waals surface area contributed by atoms with Gasteiger partial charge in [-0.2, -0.15) is 0 Å². The highest BCUT2D eigenvalue weighted by molar-refractivity contribution is 14.0. The molecule has 2 rings (SSSR count). The lowest BCUT2D eigenvalue weighted by Crippen LogP contribution is -2.36. The van der Waals surface area contributed by atoms with Gasteiger partial charge in [0.1, 0.15) is 5.75 Å². The van der Waals surface area contributed by atoms with Gasteiger partial charge >= 0.3 is 0 Å². The Balaban J connectivity index is 0.00000180. The van der Waals surface area contributed by atoms with Gasteiger partial charge in [-0.15, -0.1) is 24.0 Å². The van der Waals surface area contributed by atoms with E-state index in [0.717, 1.165) is 37.8 Å². The summed E-state index contributed by atoms with van der Waals surface area (Å²) in [7, 11) is 3.78. The summed E-state index contributed by atoms with van der Waals surface area (Å²) in [5, 5.41) is 3.37. The molecule has 1 heterocycles. The molecule has 0 atom stereocenters. The first-order valence-corrected chi connectivity index (χ1v) is 6.33.